The molecule has 0 saturated carbocycles. The Bertz CT molecular complexity index is 679. The van der Waals surface area contributed by atoms with Crippen molar-refractivity contribution in [2.75, 3.05) is 38.7 Å². The molecule has 6 nitrogen and oxygen atoms in total. The second-order valence-corrected chi connectivity index (χ2v) is 8.53. The third-order valence-electron chi connectivity index (χ3n) is 4.09. The van der Waals surface area contributed by atoms with E-state index in [0.717, 1.165) is 0 Å². The summed E-state index contributed by atoms with van der Waals surface area (Å²) in [6.45, 7) is 1.13. The number of carbonyl (C=O) groups is 1. The molecule has 2 rings (SSSR count). The lowest BCUT2D eigenvalue weighted by molar-refractivity contribution is 0.172. The van der Waals surface area contributed by atoms with Gasteiger partial charge in [0.15, 0.2) is 9.84 Å². The molecule has 134 valence electrons. The minimum atomic E-state index is -3.08. The summed E-state index contributed by atoms with van der Waals surface area (Å²) in [4.78, 5) is 16.0. The van der Waals surface area contributed by atoms with Crippen molar-refractivity contribution in [3.05, 3.63) is 35.6 Å². The summed E-state index contributed by atoms with van der Waals surface area (Å²) < 4.78 is 37.1. The van der Waals surface area contributed by atoms with Crippen LogP contribution in [0, 0.1) is 5.82 Å². The largest absolute Gasteiger partial charge is 0.334 e. The van der Waals surface area contributed by atoms with Crippen LogP contribution in [0.5, 0.6) is 0 Å². The van der Waals surface area contributed by atoms with Crippen molar-refractivity contribution in [2.45, 2.75) is 19.0 Å². The molecule has 0 aromatic heterocycles. The van der Waals surface area contributed by atoms with Gasteiger partial charge in [-0.3, -0.25) is 0 Å². The van der Waals surface area contributed by atoms with Gasteiger partial charge in [0, 0.05) is 31.2 Å². The van der Waals surface area contributed by atoms with Gasteiger partial charge in [-0.25, -0.2) is 17.6 Å². The molecule has 1 heterocycles. The highest BCUT2D eigenvalue weighted by molar-refractivity contribution is 7.91. The molecule has 2 amide bonds. The average molecular weight is 357 g/mol. The molecule has 1 aromatic rings. The van der Waals surface area contributed by atoms with E-state index < -0.39 is 9.84 Å². The highest BCUT2D eigenvalue weighted by Gasteiger charge is 2.34. The zero-order valence-electron chi connectivity index (χ0n) is 14.0. The second-order valence-electron chi connectivity index (χ2n) is 6.30. The number of amides is 2. The summed E-state index contributed by atoms with van der Waals surface area (Å²) in [6, 6.07) is 5.57. The Morgan fingerprint density at radius 2 is 2.00 bits per heavy atom. The SMILES string of the molecule is CN(C)CCN(C(=O)NCc1ccccc1F)C1CCS(=O)(=O)C1. The van der Waals surface area contributed by atoms with Gasteiger partial charge in [0.1, 0.15) is 5.82 Å². The molecule has 1 fully saturated rings. The van der Waals surface area contributed by atoms with Gasteiger partial charge in [-0.1, -0.05) is 18.2 Å². The number of rotatable bonds is 6. The molecule has 0 radical (unpaired) electrons. The lowest BCUT2D eigenvalue weighted by Crippen LogP contribution is -2.49. The normalized spacial score (nSPS) is 19.4. The number of nitrogens with zero attached hydrogens (tertiary/aromatic N) is 2. The van der Waals surface area contributed by atoms with Crippen LogP contribution in [0.3, 0.4) is 0 Å². The third-order valence-corrected chi connectivity index (χ3v) is 5.84. The molecule has 0 aliphatic carbocycles. The fourth-order valence-corrected chi connectivity index (χ4v) is 4.42. The molecule has 1 aromatic carbocycles. The van der Waals surface area contributed by atoms with E-state index >= 15 is 0 Å². The highest BCUT2D eigenvalue weighted by Crippen LogP contribution is 2.18. The van der Waals surface area contributed by atoms with Gasteiger partial charge in [0.05, 0.1) is 11.5 Å². The quantitative estimate of drug-likeness (QED) is 0.827. The second kappa shape index (κ2) is 7.94. The predicted octanol–water partition coefficient (Wildman–Crippen LogP) is 1.09. The molecule has 0 spiro atoms. The van der Waals surface area contributed by atoms with E-state index in [0.29, 0.717) is 25.1 Å². The Kier molecular flexibility index (Phi) is 6.17. The topological polar surface area (TPSA) is 69.7 Å². The summed E-state index contributed by atoms with van der Waals surface area (Å²) in [7, 11) is 0.698. The number of hydrogen-bond donors (Lipinski definition) is 1. The number of hydrogen-bond acceptors (Lipinski definition) is 4. The number of halogens is 1. The van der Waals surface area contributed by atoms with Gasteiger partial charge in [-0.05, 0) is 26.6 Å². The summed E-state index contributed by atoms with van der Waals surface area (Å²) in [5, 5.41) is 2.70. The summed E-state index contributed by atoms with van der Waals surface area (Å²) in [5.74, 6) is -0.273. The first-order valence-electron chi connectivity index (χ1n) is 7.91. The van der Waals surface area contributed by atoms with E-state index in [4.69, 9.17) is 0 Å². The van der Waals surface area contributed by atoms with Crippen LogP contribution in [0.2, 0.25) is 0 Å². The minimum absolute atomic E-state index is 0.00640. The van der Waals surface area contributed by atoms with Crippen molar-refractivity contribution in [1.29, 1.82) is 0 Å². The van der Waals surface area contributed by atoms with Gasteiger partial charge >= 0.3 is 6.03 Å². The first kappa shape index (κ1) is 18.7. The Morgan fingerprint density at radius 1 is 1.29 bits per heavy atom. The van der Waals surface area contributed by atoms with Gasteiger partial charge < -0.3 is 15.1 Å². The van der Waals surface area contributed by atoms with Gasteiger partial charge in [-0.15, -0.1) is 0 Å². The molecule has 8 heteroatoms. The summed E-state index contributed by atoms with van der Waals surface area (Å²) in [6.07, 6.45) is 0.447. The van der Waals surface area contributed by atoms with Crippen LogP contribution in [-0.4, -0.2) is 69.0 Å². The van der Waals surface area contributed by atoms with Crippen LogP contribution in [0.25, 0.3) is 0 Å². The number of benzene rings is 1. The van der Waals surface area contributed by atoms with Crippen LogP contribution in [-0.2, 0) is 16.4 Å². The van der Waals surface area contributed by atoms with Gasteiger partial charge in [0.2, 0.25) is 0 Å². The molecule has 24 heavy (non-hydrogen) atoms. The zero-order chi connectivity index (χ0) is 17.7. The molecule has 1 aliphatic rings. The predicted molar refractivity (Wildman–Crippen MR) is 91.0 cm³/mol. The van der Waals surface area contributed by atoms with Crippen LogP contribution < -0.4 is 5.32 Å². The van der Waals surface area contributed by atoms with Crippen molar-refractivity contribution in [3.8, 4) is 0 Å². The first-order chi connectivity index (χ1) is 11.3. The fourth-order valence-electron chi connectivity index (χ4n) is 2.69. The maximum Gasteiger partial charge on any atom is 0.317 e. The number of urea groups is 1. The van der Waals surface area contributed by atoms with Crippen LogP contribution in [0.15, 0.2) is 24.3 Å². The fraction of sp³-hybridized carbons (Fsp3) is 0.562. The van der Waals surface area contributed by atoms with Crippen molar-refractivity contribution in [2.24, 2.45) is 0 Å². The smallest absolute Gasteiger partial charge is 0.317 e. The lowest BCUT2D eigenvalue weighted by atomic mass is 10.2. The highest BCUT2D eigenvalue weighted by atomic mass is 32.2. The van der Waals surface area contributed by atoms with Crippen LogP contribution in [0.4, 0.5) is 9.18 Å². The van der Waals surface area contributed by atoms with E-state index in [1.54, 1.807) is 23.1 Å². The number of carbonyl (C=O) groups excluding carboxylic acids is 1. The standard InChI is InChI=1S/C16H24FN3O3S/c1-19(2)8-9-20(14-7-10-24(22,23)12-14)16(21)18-11-13-5-3-4-6-15(13)17/h3-6,14H,7-12H2,1-2H3,(H,18,21). The summed E-state index contributed by atoms with van der Waals surface area (Å²) in [5.41, 5.74) is 0.400. The van der Waals surface area contributed by atoms with Crippen molar-refractivity contribution >= 4 is 15.9 Å². The van der Waals surface area contributed by atoms with Crippen LogP contribution >= 0.6 is 0 Å². The maximum atomic E-state index is 13.6. The molecule has 1 aliphatic heterocycles. The monoisotopic (exact) mass is 357 g/mol. The lowest BCUT2D eigenvalue weighted by Gasteiger charge is -2.29. The van der Waals surface area contributed by atoms with E-state index in [2.05, 4.69) is 5.32 Å². The van der Waals surface area contributed by atoms with Gasteiger partial charge in [-0.2, -0.15) is 0 Å². The third kappa shape index (κ3) is 5.17. The Morgan fingerprint density at radius 3 is 2.58 bits per heavy atom. The molecule has 0 bridgehead atoms. The Labute approximate surface area is 142 Å². The molecule has 1 unspecified atom stereocenters. The number of likely N-dealkylation sites (N-methyl/N-ethyl adjacent to an activating group) is 1. The van der Waals surface area contributed by atoms with E-state index in [1.807, 2.05) is 19.0 Å². The molecular weight excluding hydrogens is 333 g/mol. The van der Waals surface area contributed by atoms with E-state index in [9.17, 15) is 17.6 Å². The first-order valence-corrected chi connectivity index (χ1v) is 9.73. The minimum Gasteiger partial charge on any atom is -0.334 e. The zero-order valence-corrected chi connectivity index (χ0v) is 14.9. The van der Waals surface area contributed by atoms with Crippen LogP contribution in [0.1, 0.15) is 12.0 Å². The van der Waals surface area contributed by atoms with Crippen molar-refractivity contribution in [1.82, 2.24) is 15.1 Å². The van der Waals surface area contributed by atoms with Gasteiger partial charge in [0.25, 0.3) is 0 Å². The molecule has 1 atom stereocenters. The van der Waals surface area contributed by atoms with Crippen molar-refractivity contribution in [3.63, 3.8) is 0 Å². The van der Waals surface area contributed by atoms with Crippen molar-refractivity contribution < 1.29 is 17.6 Å². The van der Waals surface area contributed by atoms with E-state index in [1.165, 1.54) is 6.07 Å². The maximum absolute atomic E-state index is 13.6. The summed E-state index contributed by atoms with van der Waals surface area (Å²) >= 11 is 0. The number of sulfone groups is 1. The molecular formula is C16H24FN3O3S. The molecule has 1 saturated heterocycles. The molecule has 1 N–H and O–H groups in total. The average Bonchev–Trinajstić information content (AvgIpc) is 2.86. The number of nitrogens with one attached hydrogen (secondary N) is 1. The Balaban J connectivity index is 2.02. The Hall–Kier alpha value is -1.67. The van der Waals surface area contributed by atoms with E-state index in [-0.39, 0.29) is 35.9 Å².